The van der Waals surface area contributed by atoms with Crippen LogP contribution in [0.3, 0.4) is 0 Å². The van der Waals surface area contributed by atoms with Crippen molar-refractivity contribution in [3.8, 4) is 5.88 Å². The molecule has 4 heterocycles. The Labute approximate surface area is 189 Å². The molecule has 2 fully saturated rings. The molecule has 1 saturated carbocycles. The fourth-order valence-corrected chi connectivity index (χ4v) is 4.61. The first-order chi connectivity index (χ1) is 15.9. The highest BCUT2D eigenvalue weighted by Crippen LogP contribution is 2.36. The van der Waals surface area contributed by atoms with Gasteiger partial charge in [-0.05, 0) is 50.3 Å². The molecule has 0 bridgehead atoms. The number of morpholine rings is 1. The molecule has 0 spiro atoms. The van der Waals surface area contributed by atoms with E-state index < -0.39 is 11.9 Å². The normalized spacial score (nSPS) is 22.0. The molecule has 3 aromatic heterocycles. The van der Waals surface area contributed by atoms with E-state index in [1.165, 1.54) is 17.8 Å². The Balaban J connectivity index is 1.31. The minimum absolute atomic E-state index is 0.0594. The minimum Gasteiger partial charge on any atom is -0.474 e. The number of hydrogen-bond donors (Lipinski definition) is 0. The van der Waals surface area contributed by atoms with Gasteiger partial charge >= 0.3 is 6.18 Å². The molecule has 0 N–H and O–H groups in total. The topological polar surface area (TPSA) is 65.3 Å². The molecule has 33 heavy (non-hydrogen) atoms. The molecule has 2 aliphatic rings. The van der Waals surface area contributed by atoms with Gasteiger partial charge in [-0.3, -0.25) is 9.67 Å². The van der Waals surface area contributed by atoms with Crippen molar-refractivity contribution in [1.29, 1.82) is 0 Å². The molecule has 5 rings (SSSR count). The standard InChI is InChI=1S/C23H26F3N5O2/c1-15-14-31(29-21(15)23(24,25)26)16-4-6-17(7-5-16)33-22-18-3-2-8-27-19(18)13-20(28-22)30-9-11-32-12-10-30/h2-3,8,13-14,16-17H,4-7,9-12H2,1H3. The van der Waals surface area contributed by atoms with Gasteiger partial charge in [0.05, 0.1) is 30.2 Å². The smallest absolute Gasteiger partial charge is 0.435 e. The third kappa shape index (κ3) is 4.62. The lowest BCUT2D eigenvalue weighted by Crippen LogP contribution is -2.36. The van der Waals surface area contributed by atoms with Gasteiger partial charge in [0, 0.05) is 31.5 Å². The first kappa shape index (κ1) is 21.9. The number of halogens is 3. The molecule has 0 radical (unpaired) electrons. The fourth-order valence-electron chi connectivity index (χ4n) is 4.61. The molecule has 7 nitrogen and oxygen atoms in total. The van der Waals surface area contributed by atoms with Gasteiger partial charge in [-0.15, -0.1) is 0 Å². The lowest BCUT2D eigenvalue weighted by atomic mass is 9.93. The molecule has 0 atom stereocenters. The SMILES string of the molecule is Cc1cn(C2CCC(Oc3nc(N4CCOCC4)cc4ncccc34)CC2)nc1C(F)(F)F. The quantitative estimate of drug-likeness (QED) is 0.568. The van der Waals surface area contributed by atoms with E-state index in [0.29, 0.717) is 31.9 Å². The average Bonchev–Trinajstić information content (AvgIpc) is 3.22. The molecular formula is C23H26F3N5O2. The summed E-state index contributed by atoms with van der Waals surface area (Å²) in [7, 11) is 0. The Morgan fingerprint density at radius 3 is 2.58 bits per heavy atom. The number of aryl methyl sites for hydroxylation is 1. The minimum atomic E-state index is -4.43. The highest BCUT2D eigenvalue weighted by atomic mass is 19.4. The molecule has 0 aromatic carbocycles. The molecule has 10 heteroatoms. The summed E-state index contributed by atoms with van der Waals surface area (Å²) in [5.41, 5.74) is 0.178. The van der Waals surface area contributed by atoms with Crippen LogP contribution in [0.25, 0.3) is 10.9 Å². The van der Waals surface area contributed by atoms with Crippen LogP contribution in [-0.2, 0) is 10.9 Å². The molecule has 176 valence electrons. The van der Waals surface area contributed by atoms with Gasteiger partial charge in [0.15, 0.2) is 5.69 Å². The van der Waals surface area contributed by atoms with Crippen LogP contribution in [0, 0.1) is 6.92 Å². The van der Waals surface area contributed by atoms with Crippen molar-refractivity contribution >= 4 is 16.7 Å². The van der Waals surface area contributed by atoms with Gasteiger partial charge in [-0.2, -0.15) is 23.3 Å². The summed E-state index contributed by atoms with van der Waals surface area (Å²) in [6.45, 7) is 4.29. The number of aromatic nitrogens is 4. The van der Waals surface area contributed by atoms with E-state index in [-0.39, 0.29) is 17.7 Å². The number of fused-ring (bicyclic) bond motifs is 1. The van der Waals surface area contributed by atoms with Crippen LogP contribution >= 0.6 is 0 Å². The number of pyridine rings is 2. The van der Waals surface area contributed by atoms with E-state index in [0.717, 1.165) is 42.7 Å². The van der Waals surface area contributed by atoms with E-state index in [9.17, 15) is 13.2 Å². The molecule has 1 saturated heterocycles. The zero-order valence-corrected chi connectivity index (χ0v) is 18.4. The first-order valence-corrected chi connectivity index (χ1v) is 11.3. The largest absolute Gasteiger partial charge is 0.474 e. The number of rotatable bonds is 4. The van der Waals surface area contributed by atoms with E-state index in [1.54, 1.807) is 6.20 Å². The third-order valence-electron chi connectivity index (χ3n) is 6.37. The zero-order chi connectivity index (χ0) is 23.0. The van der Waals surface area contributed by atoms with Crippen LogP contribution in [-0.4, -0.2) is 52.2 Å². The van der Waals surface area contributed by atoms with Crippen LogP contribution in [0.15, 0.2) is 30.6 Å². The maximum absolute atomic E-state index is 13.1. The molecule has 0 unspecified atom stereocenters. The second-order valence-corrected chi connectivity index (χ2v) is 8.64. The Bertz CT molecular complexity index is 1120. The predicted molar refractivity (Wildman–Crippen MR) is 116 cm³/mol. The summed E-state index contributed by atoms with van der Waals surface area (Å²) in [6, 6.07) is 5.72. The molecule has 3 aromatic rings. The summed E-state index contributed by atoms with van der Waals surface area (Å²) >= 11 is 0. The summed E-state index contributed by atoms with van der Waals surface area (Å²) in [5, 5.41) is 4.69. The van der Waals surface area contributed by atoms with Crippen LogP contribution in [0.2, 0.25) is 0 Å². The van der Waals surface area contributed by atoms with E-state index in [4.69, 9.17) is 14.5 Å². The number of anilines is 1. The number of hydrogen-bond acceptors (Lipinski definition) is 6. The van der Waals surface area contributed by atoms with Crippen molar-refractivity contribution in [2.75, 3.05) is 31.2 Å². The van der Waals surface area contributed by atoms with E-state index in [2.05, 4.69) is 15.0 Å². The molecular weight excluding hydrogens is 435 g/mol. The maximum Gasteiger partial charge on any atom is 0.435 e. The Hall–Kier alpha value is -2.88. The Morgan fingerprint density at radius 2 is 1.88 bits per heavy atom. The van der Waals surface area contributed by atoms with Crippen LogP contribution in [0.1, 0.15) is 43.0 Å². The molecule has 1 aliphatic carbocycles. The van der Waals surface area contributed by atoms with Gasteiger partial charge in [0.25, 0.3) is 0 Å². The van der Waals surface area contributed by atoms with Gasteiger partial charge in [-0.1, -0.05) is 0 Å². The lowest BCUT2D eigenvalue weighted by Gasteiger charge is -2.30. The number of nitrogens with zero attached hydrogens (tertiary/aromatic N) is 5. The summed E-state index contributed by atoms with van der Waals surface area (Å²) in [5.74, 6) is 1.37. The highest BCUT2D eigenvalue weighted by molar-refractivity contribution is 5.85. The van der Waals surface area contributed by atoms with Crippen molar-refractivity contribution < 1.29 is 22.6 Å². The number of ether oxygens (including phenoxy) is 2. The van der Waals surface area contributed by atoms with Crippen molar-refractivity contribution in [2.24, 2.45) is 0 Å². The monoisotopic (exact) mass is 461 g/mol. The van der Waals surface area contributed by atoms with Crippen LogP contribution < -0.4 is 9.64 Å². The van der Waals surface area contributed by atoms with Crippen LogP contribution in [0.5, 0.6) is 5.88 Å². The van der Waals surface area contributed by atoms with Gasteiger partial charge < -0.3 is 14.4 Å². The van der Waals surface area contributed by atoms with Crippen molar-refractivity contribution in [3.05, 3.63) is 41.9 Å². The van der Waals surface area contributed by atoms with Gasteiger partial charge in [-0.25, -0.2) is 0 Å². The average molecular weight is 461 g/mol. The van der Waals surface area contributed by atoms with Gasteiger partial charge in [0.2, 0.25) is 5.88 Å². The predicted octanol–water partition coefficient (Wildman–Crippen LogP) is 4.55. The van der Waals surface area contributed by atoms with Crippen molar-refractivity contribution in [1.82, 2.24) is 19.7 Å². The lowest BCUT2D eigenvalue weighted by molar-refractivity contribution is -0.142. The second kappa shape index (κ2) is 8.81. The Kier molecular flexibility index (Phi) is 5.86. The molecule has 0 amide bonds. The third-order valence-corrected chi connectivity index (χ3v) is 6.37. The summed E-state index contributed by atoms with van der Waals surface area (Å²) in [4.78, 5) is 11.5. The van der Waals surface area contributed by atoms with Gasteiger partial charge in [0.1, 0.15) is 11.9 Å². The van der Waals surface area contributed by atoms with Crippen LogP contribution in [0.4, 0.5) is 19.0 Å². The zero-order valence-electron chi connectivity index (χ0n) is 18.4. The Morgan fingerprint density at radius 1 is 1.12 bits per heavy atom. The second-order valence-electron chi connectivity index (χ2n) is 8.64. The summed E-state index contributed by atoms with van der Waals surface area (Å²) < 4.78 is 52.6. The van der Waals surface area contributed by atoms with Crippen molar-refractivity contribution in [3.63, 3.8) is 0 Å². The molecule has 1 aliphatic heterocycles. The maximum atomic E-state index is 13.1. The van der Waals surface area contributed by atoms with E-state index >= 15 is 0 Å². The highest BCUT2D eigenvalue weighted by Gasteiger charge is 2.37. The van der Waals surface area contributed by atoms with E-state index in [1.807, 2.05) is 18.2 Å². The number of alkyl halides is 3. The fraction of sp³-hybridized carbons (Fsp3) is 0.522. The first-order valence-electron chi connectivity index (χ1n) is 11.3. The van der Waals surface area contributed by atoms with Crippen molar-refractivity contribution in [2.45, 2.75) is 50.9 Å². The summed E-state index contributed by atoms with van der Waals surface area (Å²) in [6.07, 6.45) is 1.60.